The summed E-state index contributed by atoms with van der Waals surface area (Å²) in [7, 11) is 0. The number of carboxylic acids is 1. The van der Waals surface area contributed by atoms with Gasteiger partial charge in [0.1, 0.15) is 12.7 Å². The summed E-state index contributed by atoms with van der Waals surface area (Å²) >= 11 is 0. The third kappa shape index (κ3) is 2.37. The van der Waals surface area contributed by atoms with Crippen LogP contribution in [0.5, 0.6) is 0 Å². The van der Waals surface area contributed by atoms with Crippen molar-refractivity contribution in [2.45, 2.75) is 6.42 Å². The Kier molecular flexibility index (Phi) is 2.94. The fourth-order valence-corrected chi connectivity index (χ4v) is 2.07. The minimum absolute atomic E-state index is 0.252. The minimum atomic E-state index is -0.914. The summed E-state index contributed by atoms with van der Waals surface area (Å²) in [5.41, 5.74) is 1.44. The van der Waals surface area contributed by atoms with Gasteiger partial charge in [-0.15, -0.1) is 10.2 Å². The van der Waals surface area contributed by atoms with Gasteiger partial charge in [-0.1, -0.05) is 6.07 Å². The lowest BCUT2D eigenvalue weighted by Crippen LogP contribution is -2.16. The van der Waals surface area contributed by atoms with E-state index in [4.69, 9.17) is 5.11 Å². The lowest BCUT2D eigenvalue weighted by molar-refractivity contribution is -0.139. The molecule has 0 aliphatic heterocycles. The van der Waals surface area contributed by atoms with E-state index in [0.717, 1.165) is 5.69 Å². The summed E-state index contributed by atoms with van der Waals surface area (Å²) in [5.74, 6) is -2.14. The van der Waals surface area contributed by atoms with Crippen molar-refractivity contribution in [2.24, 2.45) is 11.8 Å². The van der Waals surface area contributed by atoms with E-state index in [1.807, 2.05) is 6.07 Å². The van der Waals surface area contributed by atoms with Crippen LogP contribution in [0.15, 0.2) is 36.9 Å². The first-order chi connectivity index (χ1) is 9.65. The number of anilines is 1. The van der Waals surface area contributed by atoms with E-state index in [0.29, 0.717) is 12.1 Å². The molecule has 2 N–H and O–H groups in total. The topological polar surface area (TPSA) is 97.1 Å². The van der Waals surface area contributed by atoms with Gasteiger partial charge < -0.3 is 10.4 Å². The summed E-state index contributed by atoms with van der Waals surface area (Å²) in [4.78, 5) is 22.6. The van der Waals surface area contributed by atoms with Crippen LogP contribution in [0.3, 0.4) is 0 Å². The molecule has 20 heavy (non-hydrogen) atoms. The van der Waals surface area contributed by atoms with Crippen molar-refractivity contribution in [3.05, 3.63) is 36.9 Å². The number of hydrogen-bond donors (Lipinski definition) is 2. The largest absolute Gasteiger partial charge is 0.481 e. The SMILES string of the molecule is O=C(O)[C@H]1C[C@H]1C(=O)Nc1cccc(-n2cnnc2)c1. The maximum Gasteiger partial charge on any atom is 0.307 e. The molecule has 1 heterocycles. The number of carbonyl (C=O) groups excluding carboxylic acids is 1. The van der Waals surface area contributed by atoms with Gasteiger partial charge in [-0.25, -0.2) is 0 Å². The number of aromatic nitrogens is 3. The fourth-order valence-electron chi connectivity index (χ4n) is 2.07. The highest BCUT2D eigenvalue weighted by Gasteiger charge is 2.48. The van der Waals surface area contributed by atoms with Crippen LogP contribution in [0.1, 0.15) is 6.42 Å². The second-order valence-corrected chi connectivity index (χ2v) is 4.70. The number of hydrogen-bond acceptors (Lipinski definition) is 4. The zero-order chi connectivity index (χ0) is 14.1. The molecular weight excluding hydrogens is 260 g/mol. The Morgan fingerprint density at radius 3 is 2.65 bits per heavy atom. The predicted octanol–water partition coefficient (Wildman–Crippen LogP) is 0.927. The van der Waals surface area contributed by atoms with Gasteiger partial charge in [0, 0.05) is 5.69 Å². The van der Waals surface area contributed by atoms with E-state index in [-0.39, 0.29) is 5.91 Å². The third-order valence-corrected chi connectivity index (χ3v) is 3.27. The molecule has 1 aromatic heterocycles. The number of carbonyl (C=O) groups is 2. The highest BCUT2D eigenvalue weighted by Crippen LogP contribution is 2.39. The van der Waals surface area contributed by atoms with Gasteiger partial charge in [0.05, 0.1) is 17.5 Å². The molecule has 1 aromatic carbocycles. The highest BCUT2D eigenvalue weighted by molar-refractivity contribution is 5.98. The second-order valence-electron chi connectivity index (χ2n) is 4.70. The van der Waals surface area contributed by atoms with Crippen molar-refractivity contribution < 1.29 is 14.7 Å². The molecule has 1 aliphatic rings. The van der Waals surface area contributed by atoms with Gasteiger partial charge in [-0.3, -0.25) is 14.2 Å². The van der Waals surface area contributed by atoms with Crippen LogP contribution in [0.4, 0.5) is 5.69 Å². The maximum absolute atomic E-state index is 11.9. The van der Waals surface area contributed by atoms with Gasteiger partial charge in [-0.05, 0) is 24.6 Å². The standard InChI is InChI=1S/C13H12N4O3/c18-12(10-5-11(10)13(19)20)16-8-2-1-3-9(4-8)17-6-14-15-7-17/h1-4,6-7,10-11H,5H2,(H,16,18)(H,19,20)/t10-,11+/m1/s1. The van der Waals surface area contributed by atoms with E-state index in [9.17, 15) is 9.59 Å². The smallest absolute Gasteiger partial charge is 0.307 e. The van der Waals surface area contributed by atoms with Crippen molar-refractivity contribution in [1.82, 2.24) is 14.8 Å². The lowest BCUT2D eigenvalue weighted by atomic mass is 10.2. The number of nitrogens with one attached hydrogen (secondary N) is 1. The van der Waals surface area contributed by atoms with Crippen LogP contribution in [0.25, 0.3) is 5.69 Å². The Hall–Kier alpha value is -2.70. The average molecular weight is 272 g/mol. The van der Waals surface area contributed by atoms with Crippen molar-refractivity contribution in [2.75, 3.05) is 5.32 Å². The number of nitrogens with zero attached hydrogens (tertiary/aromatic N) is 3. The lowest BCUT2D eigenvalue weighted by Gasteiger charge is -2.07. The number of amides is 1. The molecule has 0 saturated heterocycles. The van der Waals surface area contributed by atoms with E-state index >= 15 is 0 Å². The molecule has 1 fully saturated rings. The van der Waals surface area contributed by atoms with E-state index < -0.39 is 17.8 Å². The Balaban J connectivity index is 1.71. The van der Waals surface area contributed by atoms with Crippen molar-refractivity contribution in [1.29, 1.82) is 0 Å². The fraction of sp³-hybridized carbons (Fsp3) is 0.231. The maximum atomic E-state index is 11.9. The van der Waals surface area contributed by atoms with Crippen LogP contribution in [-0.4, -0.2) is 31.7 Å². The Bertz CT molecular complexity index is 653. The Morgan fingerprint density at radius 1 is 1.25 bits per heavy atom. The first-order valence-electron chi connectivity index (χ1n) is 6.14. The molecule has 0 radical (unpaired) electrons. The Labute approximate surface area is 114 Å². The van der Waals surface area contributed by atoms with Crippen molar-refractivity contribution in [3.8, 4) is 5.69 Å². The molecule has 1 aliphatic carbocycles. The molecule has 1 saturated carbocycles. The molecule has 2 atom stereocenters. The summed E-state index contributed by atoms with van der Waals surface area (Å²) in [6.45, 7) is 0. The van der Waals surface area contributed by atoms with Crippen LogP contribution in [-0.2, 0) is 9.59 Å². The summed E-state index contributed by atoms with van der Waals surface area (Å²) in [6.07, 6.45) is 3.52. The number of carboxylic acid groups (broad SMARTS) is 1. The molecule has 2 aromatic rings. The molecular formula is C13H12N4O3. The van der Waals surface area contributed by atoms with Crippen LogP contribution in [0, 0.1) is 11.8 Å². The highest BCUT2D eigenvalue weighted by atomic mass is 16.4. The minimum Gasteiger partial charge on any atom is -0.481 e. The van der Waals surface area contributed by atoms with Gasteiger partial charge in [0.15, 0.2) is 0 Å². The van der Waals surface area contributed by atoms with Crippen LogP contribution >= 0.6 is 0 Å². The third-order valence-electron chi connectivity index (χ3n) is 3.27. The van der Waals surface area contributed by atoms with Crippen molar-refractivity contribution >= 4 is 17.6 Å². The molecule has 7 heteroatoms. The number of rotatable bonds is 4. The predicted molar refractivity (Wildman–Crippen MR) is 69.2 cm³/mol. The van der Waals surface area contributed by atoms with E-state index in [1.165, 1.54) is 0 Å². The van der Waals surface area contributed by atoms with Gasteiger partial charge >= 0.3 is 5.97 Å². The molecule has 7 nitrogen and oxygen atoms in total. The monoisotopic (exact) mass is 272 g/mol. The molecule has 1 amide bonds. The molecule has 0 spiro atoms. The van der Waals surface area contributed by atoms with Crippen LogP contribution in [0.2, 0.25) is 0 Å². The normalized spacial score (nSPS) is 20.4. The summed E-state index contributed by atoms with van der Waals surface area (Å²) in [5, 5.41) is 19.0. The van der Waals surface area contributed by atoms with Crippen molar-refractivity contribution in [3.63, 3.8) is 0 Å². The first kappa shape index (κ1) is 12.3. The molecule has 0 bridgehead atoms. The van der Waals surface area contributed by atoms with Gasteiger partial charge in [0.2, 0.25) is 5.91 Å². The first-order valence-corrected chi connectivity index (χ1v) is 6.14. The zero-order valence-corrected chi connectivity index (χ0v) is 10.4. The number of aliphatic carboxylic acids is 1. The van der Waals surface area contributed by atoms with Gasteiger partial charge in [-0.2, -0.15) is 0 Å². The quantitative estimate of drug-likeness (QED) is 0.862. The van der Waals surface area contributed by atoms with Crippen LogP contribution < -0.4 is 5.32 Å². The van der Waals surface area contributed by atoms with E-state index in [2.05, 4.69) is 15.5 Å². The summed E-state index contributed by atoms with van der Waals surface area (Å²) in [6, 6.07) is 7.19. The van der Waals surface area contributed by atoms with E-state index in [1.54, 1.807) is 35.4 Å². The number of benzene rings is 1. The molecule has 0 unspecified atom stereocenters. The second kappa shape index (κ2) is 4.76. The Morgan fingerprint density at radius 2 is 2.00 bits per heavy atom. The molecule has 3 rings (SSSR count). The summed E-state index contributed by atoms with van der Waals surface area (Å²) < 4.78 is 1.72. The zero-order valence-electron chi connectivity index (χ0n) is 10.4. The van der Waals surface area contributed by atoms with Gasteiger partial charge in [0.25, 0.3) is 0 Å². The average Bonchev–Trinajstić information content (AvgIpc) is 3.06. The molecule has 102 valence electrons.